The third-order valence-corrected chi connectivity index (χ3v) is 3.67. The molecule has 0 saturated heterocycles. The summed E-state index contributed by atoms with van der Waals surface area (Å²) in [6.07, 6.45) is 0. The van der Waals surface area contributed by atoms with Crippen LogP contribution in [0.25, 0.3) is 0 Å². The summed E-state index contributed by atoms with van der Waals surface area (Å²) in [7, 11) is 1.83. The molecule has 4 nitrogen and oxygen atoms in total. The lowest BCUT2D eigenvalue weighted by Gasteiger charge is -2.13. The Hall–Kier alpha value is -1.81. The van der Waals surface area contributed by atoms with Gasteiger partial charge in [0, 0.05) is 12.1 Å². The lowest BCUT2D eigenvalue weighted by Crippen LogP contribution is -2.03. The summed E-state index contributed by atoms with van der Waals surface area (Å²) in [5.74, 6) is 2.72. The van der Waals surface area contributed by atoms with Crippen molar-refractivity contribution < 1.29 is 4.74 Å². The zero-order chi connectivity index (χ0) is 14.9. The third-order valence-electron chi connectivity index (χ3n) is 3.07. The maximum absolute atomic E-state index is 6.17. The molecule has 0 fully saturated rings. The van der Waals surface area contributed by atoms with Crippen molar-refractivity contribution in [3.8, 4) is 11.6 Å². The standard InChI is InChI=1S/C15H18ClN3O/c1-8-6-12(7-9(2)13(8)16)20-15-10(3)14(17-5)18-11(4)19-15/h6-7H,1-5H3,(H,17,18,19). The number of nitrogens with zero attached hydrogens (tertiary/aromatic N) is 2. The molecule has 5 heteroatoms. The Labute approximate surface area is 124 Å². The molecule has 0 bridgehead atoms. The second-order valence-corrected chi connectivity index (χ2v) is 5.15. The normalized spacial score (nSPS) is 10.5. The monoisotopic (exact) mass is 291 g/mol. The van der Waals surface area contributed by atoms with Crippen LogP contribution < -0.4 is 10.1 Å². The van der Waals surface area contributed by atoms with Crippen molar-refractivity contribution in [1.29, 1.82) is 0 Å². The van der Waals surface area contributed by atoms with Gasteiger partial charge in [-0.25, -0.2) is 4.98 Å². The highest BCUT2D eigenvalue weighted by molar-refractivity contribution is 6.32. The van der Waals surface area contributed by atoms with Gasteiger partial charge in [-0.05, 0) is 51.0 Å². The van der Waals surface area contributed by atoms with Crippen LogP contribution >= 0.6 is 11.6 Å². The summed E-state index contributed by atoms with van der Waals surface area (Å²) in [6.45, 7) is 7.68. The average molecular weight is 292 g/mol. The molecule has 0 radical (unpaired) electrons. The van der Waals surface area contributed by atoms with E-state index in [1.54, 1.807) is 0 Å². The molecule has 20 heavy (non-hydrogen) atoms. The largest absolute Gasteiger partial charge is 0.439 e. The first-order valence-electron chi connectivity index (χ1n) is 6.40. The maximum Gasteiger partial charge on any atom is 0.227 e. The molecular weight excluding hydrogens is 274 g/mol. The zero-order valence-corrected chi connectivity index (χ0v) is 13.1. The van der Waals surface area contributed by atoms with Crippen molar-refractivity contribution in [2.24, 2.45) is 0 Å². The highest BCUT2D eigenvalue weighted by Gasteiger charge is 2.11. The molecule has 1 heterocycles. The van der Waals surface area contributed by atoms with Gasteiger partial charge in [-0.15, -0.1) is 0 Å². The van der Waals surface area contributed by atoms with Gasteiger partial charge in [0.2, 0.25) is 5.88 Å². The van der Waals surface area contributed by atoms with Crippen LogP contribution in [0.15, 0.2) is 12.1 Å². The predicted molar refractivity (Wildman–Crippen MR) is 82.1 cm³/mol. The summed E-state index contributed by atoms with van der Waals surface area (Å²) in [5, 5.41) is 3.81. The van der Waals surface area contributed by atoms with Crippen LogP contribution in [0.4, 0.5) is 5.82 Å². The lowest BCUT2D eigenvalue weighted by atomic mass is 10.1. The molecule has 2 aromatic rings. The van der Waals surface area contributed by atoms with Gasteiger partial charge in [-0.2, -0.15) is 4.98 Å². The van der Waals surface area contributed by atoms with E-state index in [-0.39, 0.29) is 0 Å². The Morgan fingerprint density at radius 1 is 1.05 bits per heavy atom. The van der Waals surface area contributed by atoms with Gasteiger partial charge in [-0.1, -0.05) is 11.6 Å². The van der Waals surface area contributed by atoms with E-state index in [1.807, 2.05) is 46.9 Å². The number of hydrogen-bond donors (Lipinski definition) is 1. The van der Waals surface area contributed by atoms with Gasteiger partial charge >= 0.3 is 0 Å². The van der Waals surface area contributed by atoms with Crippen LogP contribution in [-0.2, 0) is 0 Å². The first-order chi connectivity index (χ1) is 9.42. The fourth-order valence-electron chi connectivity index (χ4n) is 2.02. The molecular formula is C15H18ClN3O. The highest BCUT2D eigenvalue weighted by Crippen LogP contribution is 2.31. The Morgan fingerprint density at radius 3 is 2.20 bits per heavy atom. The number of aryl methyl sites for hydroxylation is 3. The van der Waals surface area contributed by atoms with E-state index in [4.69, 9.17) is 16.3 Å². The maximum atomic E-state index is 6.17. The van der Waals surface area contributed by atoms with Crippen LogP contribution in [0.1, 0.15) is 22.5 Å². The number of benzene rings is 1. The van der Waals surface area contributed by atoms with Crippen molar-refractivity contribution in [3.63, 3.8) is 0 Å². The Kier molecular flexibility index (Phi) is 4.14. The van der Waals surface area contributed by atoms with Crippen molar-refractivity contribution in [3.05, 3.63) is 39.7 Å². The van der Waals surface area contributed by atoms with E-state index >= 15 is 0 Å². The van der Waals surface area contributed by atoms with Gasteiger partial charge in [0.05, 0.1) is 5.56 Å². The molecule has 0 saturated carbocycles. The lowest BCUT2D eigenvalue weighted by molar-refractivity contribution is 0.455. The van der Waals surface area contributed by atoms with Crippen LogP contribution in [-0.4, -0.2) is 17.0 Å². The van der Waals surface area contributed by atoms with Crippen molar-refractivity contribution in [2.75, 3.05) is 12.4 Å². The van der Waals surface area contributed by atoms with E-state index in [9.17, 15) is 0 Å². The van der Waals surface area contributed by atoms with Crippen LogP contribution in [0.3, 0.4) is 0 Å². The second kappa shape index (κ2) is 5.67. The fourth-order valence-corrected chi connectivity index (χ4v) is 2.13. The third kappa shape index (κ3) is 2.85. The number of aromatic nitrogens is 2. The topological polar surface area (TPSA) is 47.0 Å². The molecule has 0 amide bonds. The number of hydrogen-bond acceptors (Lipinski definition) is 4. The molecule has 106 valence electrons. The SMILES string of the molecule is CNc1nc(C)nc(Oc2cc(C)c(Cl)c(C)c2)c1C. The fraction of sp³-hybridized carbons (Fsp3) is 0.333. The van der Waals surface area contributed by atoms with E-state index in [2.05, 4.69) is 15.3 Å². The summed E-state index contributed by atoms with van der Waals surface area (Å²) < 4.78 is 5.90. The van der Waals surface area contributed by atoms with Crippen LogP contribution in [0.2, 0.25) is 5.02 Å². The van der Waals surface area contributed by atoms with Gasteiger partial charge in [0.1, 0.15) is 17.4 Å². The molecule has 0 atom stereocenters. The van der Waals surface area contributed by atoms with E-state index in [0.29, 0.717) is 11.7 Å². The smallest absolute Gasteiger partial charge is 0.227 e. The first kappa shape index (κ1) is 14.6. The molecule has 0 aliphatic rings. The van der Waals surface area contributed by atoms with Gasteiger partial charge in [-0.3, -0.25) is 0 Å². The molecule has 0 unspecified atom stereocenters. The van der Waals surface area contributed by atoms with Gasteiger partial charge in [0.25, 0.3) is 0 Å². The van der Waals surface area contributed by atoms with Gasteiger partial charge < -0.3 is 10.1 Å². The van der Waals surface area contributed by atoms with Crippen LogP contribution in [0, 0.1) is 27.7 Å². The van der Waals surface area contributed by atoms with E-state index in [1.165, 1.54) is 0 Å². The van der Waals surface area contributed by atoms with E-state index in [0.717, 1.165) is 33.3 Å². The molecule has 1 aromatic heterocycles. The Bertz CT molecular complexity index is 633. The van der Waals surface area contributed by atoms with Crippen molar-refractivity contribution in [1.82, 2.24) is 9.97 Å². The number of rotatable bonds is 3. The molecule has 1 N–H and O–H groups in total. The number of anilines is 1. The van der Waals surface area contributed by atoms with Crippen LogP contribution in [0.5, 0.6) is 11.6 Å². The summed E-state index contributed by atoms with van der Waals surface area (Å²) in [4.78, 5) is 8.67. The van der Waals surface area contributed by atoms with E-state index < -0.39 is 0 Å². The molecule has 0 spiro atoms. The minimum Gasteiger partial charge on any atom is -0.439 e. The highest BCUT2D eigenvalue weighted by atomic mass is 35.5. The Morgan fingerprint density at radius 2 is 1.65 bits per heavy atom. The quantitative estimate of drug-likeness (QED) is 0.921. The molecule has 2 rings (SSSR count). The van der Waals surface area contributed by atoms with Crippen molar-refractivity contribution in [2.45, 2.75) is 27.7 Å². The summed E-state index contributed by atoms with van der Waals surface area (Å²) in [6, 6.07) is 3.82. The summed E-state index contributed by atoms with van der Waals surface area (Å²) >= 11 is 6.17. The number of halogens is 1. The molecule has 0 aliphatic heterocycles. The average Bonchev–Trinajstić information content (AvgIpc) is 2.39. The Balaban J connectivity index is 2.42. The van der Waals surface area contributed by atoms with Crippen molar-refractivity contribution >= 4 is 17.4 Å². The minimum absolute atomic E-state index is 0.558. The second-order valence-electron chi connectivity index (χ2n) is 4.77. The number of nitrogens with one attached hydrogen (secondary N) is 1. The molecule has 1 aromatic carbocycles. The predicted octanol–water partition coefficient (Wildman–Crippen LogP) is 4.20. The number of ether oxygens (including phenoxy) is 1. The zero-order valence-electron chi connectivity index (χ0n) is 12.3. The molecule has 0 aliphatic carbocycles. The summed E-state index contributed by atoms with van der Waals surface area (Å²) in [5.41, 5.74) is 2.85. The minimum atomic E-state index is 0.558. The van der Waals surface area contributed by atoms with Gasteiger partial charge in [0.15, 0.2) is 0 Å². The first-order valence-corrected chi connectivity index (χ1v) is 6.77.